The molecule has 1 aromatic carbocycles. The Hall–Kier alpha value is -0.540. The fourth-order valence-electron chi connectivity index (χ4n) is 2.02. The average molecular weight is 304 g/mol. The lowest BCUT2D eigenvalue weighted by atomic mass is 9.91. The predicted molar refractivity (Wildman–Crippen MR) is 66.9 cm³/mol. The topological polar surface area (TPSA) is 37.3 Å². The van der Waals surface area contributed by atoms with E-state index in [0.717, 1.165) is 22.9 Å². The molecule has 16 heavy (non-hydrogen) atoms. The minimum Gasteiger partial charge on any atom is -0.481 e. The quantitative estimate of drug-likeness (QED) is 0.910. The molecule has 2 rings (SSSR count). The van der Waals surface area contributed by atoms with E-state index in [-0.39, 0.29) is 12.3 Å². The van der Waals surface area contributed by atoms with Gasteiger partial charge in [-0.05, 0) is 52.2 Å². The maximum atomic E-state index is 10.9. The summed E-state index contributed by atoms with van der Waals surface area (Å²) in [5.74, 6) is -0.153. The lowest BCUT2D eigenvalue weighted by Gasteiger charge is -2.16. The van der Waals surface area contributed by atoms with Crippen LogP contribution in [0.5, 0.6) is 0 Å². The van der Waals surface area contributed by atoms with Crippen molar-refractivity contribution in [3.8, 4) is 0 Å². The van der Waals surface area contributed by atoms with E-state index in [9.17, 15) is 4.79 Å². The Balaban J connectivity index is 2.30. The number of aliphatic carboxylic acids is 1. The van der Waals surface area contributed by atoms with Crippen LogP contribution in [0.2, 0.25) is 5.02 Å². The maximum Gasteiger partial charge on any atom is 0.303 e. The van der Waals surface area contributed by atoms with Gasteiger partial charge >= 0.3 is 5.97 Å². The molecule has 0 aliphatic heterocycles. The largest absolute Gasteiger partial charge is 0.481 e. The molecular weight excluding hydrogens is 291 g/mol. The smallest absolute Gasteiger partial charge is 0.303 e. The van der Waals surface area contributed by atoms with Gasteiger partial charge in [0.2, 0.25) is 0 Å². The molecule has 1 unspecified atom stereocenters. The van der Waals surface area contributed by atoms with Crippen molar-refractivity contribution in [1.29, 1.82) is 0 Å². The molecule has 0 heterocycles. The summed E-state index contributed by atoms with van der Waals surface area (Å²) >= 11 is 9.47. The van der Waals surface area contributed by atoms with Gasteiger partial charge in [-0.3, -0.25) is 4.79 Å². The lowest BCUT2D eigenvalue weighted by Crippen LogP contribution is -2.09. The zero-order chi connectivity index (χ0) is 11.7. The fourth-order valence-corrected chi connectivity index (χ4v) is 2.76. The van der Waals surface area contributed by atoms with Gasteiger partial charge in [0.05, 0.1) is 11.4 Å². The minimum absolute atomic E-state index is 0.0885. The highest BCUT2D eigenvalue weighted by molar-refractivity contribution is 9.10. The van der Waals surface area contributed by atoms with Crippen LogP contribution in [-0.2, 0) is 4.79 Å². The molecule has 1 fully saturated rings. The molecule has 0 saturated heterocycles. The molecule has 1 aliphatic rings. The van der Waals surface area contributed by atoms with E-state index in [4.69, 9.17) is 16.7 Å². The Labute approximate surface area is 108 Å². The molecule has 1 saturated carbocycles. The first kappa shape index (κ1) is 11.9. The van der Waals surface area contributed by atoms with Crippen molar-refractivity contribution < 1.29 is 9.90 Å². The highest BCUT2D eigenvalue weighted by atomic mass is 79.9. The Morgan fingerprint density at radius 3 is 2.81 bits per heavy atom. The molecule has 1 aromatic rings. The van der Waals surface area contributed by atoms with E-state index in [1.807, 2.05) is 12.1 Å². The lowest BCUT2D eigenvalue weighted by molar-refractivity contribution is -0.137. The van der Waals surface area contributed by atoms with E-state index < -0.39 is 5.97 Å². The fraction of sp³-hybridized carbons (Fsp3) is 0.417. The van der Waals surface area contributed by atoms with Crippen LogP contribution in [0.1, 0.15) is 30.7 Å². The van der Waals surface area contributed by atoms with Crippen LogP contribution >= 0.6 is 27.5 Å². The van der Waals surface area contributed by atoms with Crippen LogP contribution in [-0.4, -0.2) is 11.1 Å². The Bertz CT molecular complexity index is 415. The van der Waals surface area contributed by atoms with Crippen LogP contribution in [0, 0.1) is 5.92 Å². The molecule has 1 aliphatic carbocycles. The molecule has 0 bridgehead atoms. The molecule has 1 atom stereocenters. The first-order valence-corrected chi connectivity index (χ1v) is 6.42. The van der Waals surface area contributed by atoms with E-state index in [1.54, 1.807) is 6.07 Å². The zero-order valence-electron chi connectivity index (χ0n) is 8.62. The summed E-state index contributed by atoms with van der Waals surface area (Å²) < 4.78 is 0.842. The predicted octanol–water partition coefficient (Wildman–Crippen LogP) is 4.07. The second-order valence-electron chi connectivity index (χ2n) is 4.18. The number of hydrogen-bond donors (Lipinski definition) is 1. The Morgan fingerprint density at radius 2 is 2.25 bits per heavy atom. The minimum atomic E-state index is -0.747. The van der Waals surface area contributed by atoms with Gasteiger partial charge in [-0.2, -0.15) is 0 Å². The average Bonchev–Trinajstić information content (AvgIpc) is 3.02. The highest BCUT2D eigenvalue weighted by Crippen LogP contribution is 2.47. The molecule has 0 spiro atoms. The van der Waals surface area contributed by atoms with Crippen LogP contribution in [0.4, 0.5) is 0 Å². The summed E-state index contributed by atoms with van der Waals surface area (Å²) in [7, 11) is 0. The van der Waals surface area contributed by atoms with Gasteiger partial charge in [0.1, 0.15) is 0 Å². The number of benzene rings is 1. The normalized spacial score (nSPS) is 17.1. The van der Waals surface area contributed by atoms with Crippen LogP contribution in [0.15, 0.2) is 22.7 Å². The van der Waals surface area contributed by atoms with Crippen molar-refractivity contribution in [2.24, 2.45) is 5.92 Å². The van der Waals surface area contributed by atoms with Crippen molar-refractivity contribution in [2.45, 2.75) is 25.2 Å². The van der Waals surface area contributed by atoms with Crippen molar-refractivity contribution >= 4 is 33.5 Å². The number of carbonyl (C=O) groups is 1. The van der Waals surface area contributed by atoms with Crippen LogP contribution in [0.3, 0.4) is 0 Å². The van der Waals surface area contributed by atoms with E-state index in [1.165, 1.54) is 0 Å². The van der Waals surface area contributed by atoms with Gasteiger partial charge in [0.15, 0.2) is 0 Å². The third-order valence-corrected chi connectivity index (χ3v) is 4.39. The second kappa shape index (κ2) is 4.76. The third kappa shape index (κ3) is 2.58. The molecule has 2 nitrogen and oxygen atoms in total. The zero-order valence-corrected chi connectivity index (χ0v) is 11.0. The molecule has 1 N–H and O–H groups in total. The van der Waals surface area contributed by atoms with Gasteiger partial charge in [-0.25, -0.2) is 0 Å². The standard InChI is InChI=1S/C12H12BrClO2/c13-12-8(2-1-3-10(12)14)9(6-11(15)16)7-4-5-7/h1-3,7,9H,4-6H2,(H,15,16). The van der Waals surface area contributed by atoms with Gasteiger partial charge in [-0.1, -0.05) is 23.7 Å². The third-order valence-electron chi connectivity index (χ3n) is 2.97. The first-order chi connectivity index (χ1) is 7.59. The second-order valence-corrected chi connectivity index (χ2v) is 5.39. The van der Waals surface area contributed by atoms with Crippen molar-refractivity contribution in [2.75, 3.05) is 0 Å². The highest BCUT2D eigenvalue weighted by Gasteiger charge is 2.34. The maximum absolute atomic E-state index is 10.9. The number of hydrogen-bond acceptors (Lipinski definition) is 1. The molecule has 4 heteroatoms. The monoisotopic (exact) mass is 302 g/mol. The van der Waals surface area contributed by atoms with Crippen LogP contribution in [0.25, 0.3) is 0 Å². The van der Waals surface area contributed by atoms with Crippen LogP contribution < -0.4 is 0 Å². The van der Waals surface area contributed by atoms with Gasteiger partial charge in [0.25, 0.3) is 0 Å². The van der Waals surface area contributed by atoms with Crippen molar-refractivity contribution in [3.05, 3.63) is 33.3 Å². The summed E-state index contributed by atoms with van der Waals surface area (Å²) in [6, 6.07) is 5.64. The Kier molecular flexibility index (Phi) is 3.55. The SMILES string of the molecule is O=C(O)CC(c1cccc(Cl)c1Br)C1CC1. The van der Waals surface area contributed by atoms with Crippen molar-refractivity contribution in [1.82, 2.24) is 0 Å². The van der Waals surface area contributed by atoms with Gasteiger partial charge < -0.3 is 5.11 Å². The summed E-state index contributed by atoms with van der Waals surface area (Å²) in [4.78, 5) is 10.9. The summed E-state index contributed by atoms with van der Waals surface area (Å²) in [5, 5.41) is 9.58. The van der Waals surface area contributed by atoms with Gasteiger partial charge in [0, 0.05) is 4.47 Å². The van der Waals surface area contributed by atoms with Gasteiger partial charge in [-0.15, -0.1) is 0 Å². The van der Waals surface area contributed by atoms with E-state index in [2.05, 4.69) is 15.9 Å². The molecule has 0 aromatic heterocycles. The molecule has 0 radical (unpaired) electrons. The van der Waals surface area contributed by atoms with E-state index >= 15 is 0 Å². The molecular formula is C12H12BrClO2. The molecule has 86 valence electrons. The number of carboxylic acids is 1. The number of carboxylic acid groups (broad SMARTS) is 1. The summed E-state index contributed by atoms with van der Waals surface area (Å²) in [6.07, 6.45) is 2.43. The first-order valence-electron chi connectivity index (χ1n) is 5.25. The van der Waals surface area contributed by atoms with Crippen molar-refractivity contribution in [3.63, 3.8) is 0 Å². The Morgan fingerprint density at radius 1 is 1.56 bits per heavy atom. The summed E-state index contributed by atoms with van der Waals surface area (Å²) in [6.45, 7) is 0. The van der Waals surface area contributed by atoms with E-state index in [0.29, 0.717) is 10.9 Å². The number of halogens is 2. The summed E-state index contributed by atoms with van der Waals surface area (Å²) in [5.41, 5.74) is 1.03. The number of rotatable bonds is 4. The molecule has 0 amide bonds.